The summed E-state index contributed by atoms with van der Waals surface area (Å²) in [6.07, 6.45) is 0. The fraction of sp³-hybridized carbons (Fsp3) is 0.667. The molecule has 0 heterocycles. The summed E-state index contributed by atoms with van der Waals surface area (Å²) < 4.78 is 14.5. The molecule has 0 aromatic heterocycles. The smallest absolute Gasteiger partial charge is 0.146 e. The molecule has 0 aliphatic rings. The van der Waals surface area contributed by atoms with Crippen molar-refractivity contribution in [2.45, 2.75) is 54.1 Å². The SMILES string of the molecule is CC(C)CN(CC(C)C)c1ccc(CNC(C)C)cc1F. The van der Waals surface area contributed by atoms with Crippen LogP contribution in [0.4, 0.5) is 10.1 Å². The fourth-order valence-corrected chi connectivity index (χ4v) is 2.39. The highest BCUT2D eigenvalue weighted by molar-refractivity contribution is 5.49. The van der Waals surface area contributed by atoms with Crippen LogP contribution in [0.25, 0.3) is 0 Å². The highest BCUT2D eigenvalue weighted by Gasteiger charge is 2.15. The zero-order chi connectivity index (χ0) is 16.0. The van der Waals surface area contributed by atoms with E-state index in [0.29, 0.717) is 24.4 Å². The number of rotatable bonds is 8. The molecule has 0 radical (unpaired) electrons. The van der Waals surface area contributed by atoms with E-state index in [1.165, 1.54) is 0 Å². The van der Waals surface area contributed by atoms with E-state index < -0.39 is 0 Å². The number of nitrogens with one attached hydrogen (secondary N) is 1. The molecule has 0 saturated carbocycles. The van der Waals surface area contributed by atoms with E-state index in [0.717, 1.165) is 24.3 Å². The Kier molecular flexibility index (Phi) is 7.16. The summed E-state index contributed by atoms with van der Waals surface area (Å²) in [7, 11) is 0. The first-order valence-corrected chi connectivity index (χ1v) is 8.06. The third-order valence-electron chi connectivity index (χ3n) is 3.24. The third-order valence-corrected chi connectivity index (χ3v) is 3.24. The van der Waals surface area contributed by atoms with Gasteiger partial charge in [0, 0.05) is 25.7 Å². The molecule has 2 nitrogen and oxygen atoms in total. The zero-order valence-corrected chi connectivity index (χ0v) is 14.4. The molecule has 0 amide bonds. The molecule has 1 N–H and O–H groups in total. The van der Waals surface area contributed by atoms with Crippen molar-refractivity contribution in [2.24, 2.45) is 11.8 Å². The van der Waals surface area contributed by atoms with Gasteiger partial charge < -0.3 is 10.2 Å². The lowest BCUT2D eigenvalue weighted by atomic mass is 10.1. The van der Waals surface area contributed by atoms with Crippen LogP contribution in [-0.2, 0) is 6.54 Å². The monoisotopic (exact) mass is 294 g/mol. The largest absolute Gasteiger partial charge is 0.369 e. The average Bonchev–Trinajstić information content (AvgIpc) is 2.34. The van der Waals surface area contributed by atoms with Gasteiger partial charge in [-0.1, -0.05) is 47.6 Å². The van der Waals surface area contributed by atoms with E-state index in [-0.39, 0.29) is 5.82 Å². The Morgan fingerprint density at radius 1 is 1.00 bits per heavy atom. The van der Waals surface area contributed by atoms with Crippen molar-refractivity contribution in [1.82, 2.24) is 5.32 Å². The van der Waals surface area contributed by atoms with Gasteiger partial charge >= 0.3 is 0 Å². The lowest BCUT2D eigenvalue weighted by Crippen LogP contribution is -2.32. The van der Waals surface area contributed by atoms with Crippen molar-refractivity contribution in [3.8, 4) is 0 Å². The van der Waals surface area contributed by atoms with E-state index in [4.69, 9.17) is 0 Å². The normalized spacial score (nSPS) is 11.7. The Morgan fingerprint density at radius 2 is 1.57 bits per heavy atom. The van der Waals surface area contributed by atoms with Crippen molar-refractivity contribution in [3.63, 3.8) is 0 Å². The number of anilines is 1. The van der Waals surface area contributed by atoms with Crippen LogP contribution in [0.3, 0.4) is 0 Å². The Labute approximate surface area is 129 Å². The summed E-state index contributed by atoms with van der Waals surface area (Å²) in [4.78, 5) is 2.17. The van der Waals surface area contributed by atoms with Crippen LogP contribution in [0, 0.1) is 17.7 Å². The zero-order valence-electron chi connectivity index (χ0n) is 14.4. The van der Waals surface area contributed by atoms with Gasteiger partial charge in [0.15, 0.2) is 0 Å². The number of nitrogens with zero attached hydrogens (tertiary/aromatic N) is 1. The average molecular weight is 294 g/mol. The summed E-state index contributed by atoms with van der Waals surface area (Å²) in [6.45, 7) is 15.4. The Bertz CT molecular complexity index is 417. The summed E-state index contributed by atoms with van der Waals surface area (Å²) in [5.41, 5.74) is 1.73. The number of hydrogen-bond donors (Lipinski definition) is 1. The predicted octanol–water partition coefficient (Wildman–Crippen LogP) is 4.44. The molecule has 1 aromatic rings. The van der Waals surface area contributed by atoms with Gasteiger partial charge in [-0.2, -0.15) is 0 Å². The van der Waals surface area contributed by atoms with Crippen LogP contribution in [0.5, 0.6) is 0 Å². The van der Waals surface area contributed by atoms with Crippen LogP contribution in [0.15, 0.2) is 18.2 Å². The minimum absolute atomic E-state index is 0.112. The van der Waals surface area contributed by atoms with E-state index in [2.05, 4.69) is 51.8 Å². The molecule has 120 valence electrons. The highest BCUT2D eigenvalue weighted by atomic mass is 19.1. The molecule has 0 unspecified atom stereocenters. The molecule has 1 rings (SSSR count). The summed E-state index contributed by atoms with van der Waals surface area (Å²) in [5.74, 6) is 0.926. The molecule has 0 spiro atoms. The molecular formula is C18H31FN2. The number of halogens is 1. The van der Waals surface area contributed by atoms with Crippen molar-refractivity contribution in [2.75, 3.05) is 18.0 Å². The fourth-order valence-electron chi connectivity index (χ4n) is 2.39. The molecule has 21 heavy (non-hydrogen) atoms. The maximum absolute atomic E-state index is 14.5. The lowest BCUT2D eigenvalue weighted by Gasteiger charge is -2.29. The van der Waals surface area contributed by atoms with Gasteiger partial charge in [0.2, 0.25) is 0 Å². The van der Waals surface area contributed by atoms with Gasteiger partial charge in [-0.3, -0.25) is 0 Å². The van der Waals surface area contributed by atoms with Gasteiger partial charge in [0.05, 0.1) is 5.69 Å². The maximum Gasteiger partial charge on any atom is 0.146 e. The number of benzene rings is 1. The molecule has 0 bridgehead atoms. The van der Waals surface area contributed by atoms with E-state index >= 15 is 0 Å². The van der Waals surface area contributed by atoms with E-state index in [1.54, 1.807) is 6.07 Å². The Morgan fingerprint density at radius 3 is 2.00 bits per heavy atom. The first kappa shape index (κ1) is 18.0. The number of hydrogen-bond acceptors (Lipinski definition) is 2. The molecule has 0 aliphatic carbocycles. The van der Waals surface area contributed by atoms with Crippen LogP contribution in [0.1, 0.15) is 47.1 Å². The van der Waals surface area contributed by atoms with Gasteiger partial charge in [-0.05, 0) is 29.5 Å². The second-order valence-electron chi connectivity index (χ2n) is 7.01. The third kappa shape index (κ3) is 6.47. The van der Waals surface area contributed by atoms with Gasteiger partial charge in [0.25, 0.3) is 0 Å². The summed E-state index contributed by atoms with van der Waals surface area (Å²) in [5, 5.41) is 3.32. The molecule has 0 aliphatic heterocycles. The summed E-state index contributed by atoms with van der Waals surface area (Å²) >= 11 is 0. The highest BCUT2D eigenvalue weighted by Crippen LogP contribution is 2.23. The topological polar surface area (TPSA) is 15.3 Å². The second kappa shape index (κ2) is 8.38. The predicted molar refractivity (Wildman–Crippen MR) is 90.3 cm³/mol. The van der Waals surface area contributed by atoms with Crippen molar-refractivity contribution >= 4 is 5.69 Å². The first-order valence-electron chi connectivity index (χ1n) is 8.06. The van der Waals surface area contributed by atoms with E-state index in [9.17, 15) is 4.39 Å². The van der Waals surface area contributed by atoms with Gasteiger partial charge in [0.1, 0.15) is 5.82 Å². The van der Waals surface area contributed by atoms with E-state index in [1.807, 2.05) is 12.1 Å². The maximum atomic E-state index is 14.5. The molecule has 0 saturated heterocycles. The lowest BCUT2D eigenvalue weighted by molar-refractivity contribution is 0.536. The van der Waals surface area contributed by atoms with Crippen molar-refractivity contribution in [1.29, 1.82) is 0 Å². The van der Waals surface area contributed by atoms with Crippen LogP contribution in [-0.4, -0.2) is 19.1 Å². The van der Waals surface area contributed by atoms with Gasteiger partial charge in [-0.15, -0.1) is 0 Å². The Balaban J connectivity index is 2.88. The van der Waals surface area contributed by atoms with Crippen molar-refractivity contribution in [3.05, 3.63) is 29.6 Å². The molecule has 3 heteroatoms. The molecule has 0 fully saturated rings. The quantitative estimate of drug-likeness (QED) is 0.762. The molecule has 1 aromatic carbocycles. The minimum Gasteiger partial charge on any atom is -0.369 e. The van der Waals surface area contributed by atoms with Crippen LogP contribution < -0.4 is 10.2 Å². The Hall–Kier alpha value is -1.09. The molecular weight excluding hydrogens is 263 g/mol. The minimum atomic E-state index is -0.112. The van der Waals surface area contributed by atoms with Crippen molar-refractivity contribution < 1.29 is 4.39 Å². The second-order valence-corrected chi connectivity index (χ2v) is 7.01. The van der Waals surface area contributed by atoms with Gasteiger partial charge in [-0.25, -0.2) is 4.39 Å². The standard InChI is InChI=1S/C18H31FN2/c1-13(2)11-21(12-14(3)4)18-8-7-16(9-17(18)19)10-20-15(5)6/h7-9,13-15,20H,10-12H2,1-6H3. The molecule has 0 atom stereocenters. The van der Waals surface area contributed by atoms with Crippen LogP contribution >= 0.6 is 0 Å². The summed E-state index contributed by atoms with van der Waals surface area (Å²) in [6, 6.07) is 6.03. The van der Waals surface area contributed by atoms with Crippen LogP contribution in [0.2, 0.25) is 0 Å². The first-order chi connectivity index (χ1) is 9.79.